The summed E-state index contributed by atoms with van der Waals surface area (Å²) in [4.78, 5) is 15.2. The quantitative estimate of drug-likeness (QED) is 0.605. The van der Waals surface area contributed by atoms with Crippen LogP contribution >= 0.6 is 0 Å². The van der Waals surface area contributed by atoms with Gasteiger partial charge in [-0.25, -0.2) is 4.85 Å². The van der Waals surface area contributed by atoms with E-state index < -0.39 is 0 Å². The van der Waals surface area contributed by atoms with Crippen LogP contribution in [0.5, 0.6) is 0 Å². The van der Waals surface area contributed by atoms with Gasteiger partial charge in [0.25, 0.3) is 0 Å². The fourth-order valence-corrected chi connectivity index (χ4v) is 3.33. The van der Waals surface area contributed by atoms with Crippen LogP contribution in [0.4, 0.5) is 5.69 Å². The number of esters is 1. The zero-order valence-electron chi connectivity index (χ0n) is 12.2. The Hall–Kier alpha value is -1.82. The normalized spacial score (nSPS) is 18.2. The van der Waals surface area contributed by atoms with E-state index in [2.05, 4.69) is 11.8 Å². The van der Waals surface area contributed by atoms with Crippen LogP contribution in [-0.2, 0) is 14.9 Å². The Balaban J connectivity index is 2.33. The minimum atomic E-state index is -0.190. The van der Waals surface area contributed by atoms with Crippen molar-refractivity contribution in [2.75, 3.05) is 7.11 Å². The molecule has 106 valence electrons. The molecular formula is C17H21NO2. The molecule has 1 saturated carbocycles. The zero-order chi connectivity index (χ0) is 14.6. The Kier molecular flexibility index (Phi) is 4.44. The molecule has 0 spiro atoms. The van der Waals surface area contributed by atoms with Crippen molar-refractivity contribution in [3.05, 3.63) is 41.2 Å². The number of carbonyl (C=O) groups is 1. The van der Waals surface area contributed by atoms with Crippen LogP contribution in [-0.4, -0.2) is 13.1 Å². The van der Waals surface area contributed by atoms with Crippen molar-refractivity contribution in [1.29, 1.82) is 0 Å². The van der Waals surface area contributed by atoms with E-state index in [1.165, 1.54) is 20.0 Å². The topological polar surface area (TPSA) is 30.7 Å². The largest absolute Gasteiger partial charge is 0.469 e. The summed E-state index contributed by atoms with van der Waals surface area (Å²) < 4.78 is 4.88. The third-order valence-corrected chi connectivity index (χ3v) is 4.65. The Morgan fingerprint density at radius 2 is 1.95 bits per heavy atom. The molecule has 3 nitrogen and oxygen atoms in total. The van der Waals surface area contributed by atoms with Crippen molar-refractivity contribution in [2.24, 2.45) is 5.92 Å². The fourth-order valence-electron chi connectivity index (χ4n) is 3.33. The lowest BCUT2D eigenvalue weighted by molar-refractivity contribution is -0.142. The van der Waals surface area contributed by atoms with Crippen LogP contribution < -0.4 is 0 Å². The van der Waals surface area contributed by atoms with Crippen molar-refractivity contribution >= 4 is 11.7 Å². The van der Waals surface area contributed by atoms with Gasteiger partial charge < -0.3 is 4.74 Å². The third kappa shape index (κ3) is 2.85. The molecule has 1 fully saturated rings. The SMILES string of the molecule is [C-]#[N+]c1ccc(C(C)(CC(=O)OC)C2CCCC2)cc1. The summed E-state index contributed by atoms with van der Waals surface area (Å²) in [5.41, 5.74) is 1.59. The van der Waals surface area contributed by atoms with Gasteiger partial charge in [0.15, 0.2) is 5.69 Å². The summed E-state index contributed by atoms with van der Waals surface area (Å²) in [5.74, 6) is 0.356. The predicted octanol–water partition coefficient (Wildman–Crippen LogP) is 4.25. The molecule has 0 amide bonds. The van der Waals surface area contributed by atoms with Crippen LogP contribution in [0.3, 0.4) is 0 Å². The summed E-state index contributed by atoms with van der Waals surface area (Å²) in [6, 6.07) is 7.67. The maximum absolute atomic E-state index is 11.8. The number of rotatable bonds is 4. The Labute approximate surface area is 120 Å². The Bertz CT molecular complexity index is 509. The first-order valence-electron chi connectivity index (χ1n) is 7.15. The fraction of sp³-hybridized carbons (Fsp3) is 0.529. The summed E-state index contributed by atoms with van der Waals surface area (Å²) in [6.45, 7) is 9.19. The molecule has 1 unspecified atom stereocenters. The smallest absolute Gasteiger partial charge is 0.306 e. The van der Waals surface area contributed by atoms with Gasteiger partial charge >= 0.3 is 5.97 Å². The van der Waals surface area contributed by atoms with Crippen molar-refractivity contribution in [3.63, 3.8) is 0 Å². The standard InChI is InChI=1S/C17H21NO2/c1-17(12-16(19)20-3,13-6-4-5-7-13)14-8-10-15(18-2)11-9-14/h8-11,13H,4-7,12H2,1,3H3. The van der Waals surface area contributed by atoms with Crippen LogP contribution in [0.15, 0.2) is 24.3 Å². The second-order valence-electron chi connectivity index (χ2n) is 5.81. The number of benzene rings is 1. The van der Waals surface area contributed by atoms with E-state index in [4.69, 9.17) is 11.3 Å². The molecule has 20 heavy (non-hydrogen) atoms. The second-order valence-corrected chi connectivity index (χ2v) is 5.81. The zero-order valence-corrected chi connectivity index (χ0v) is 12.2. The van der Waals surface area contributed by atoms with Gasteiger partial charge in [-0.2, -0.15) is 0 Å². The summed E-state index contributed by atoms with van der Waals surface area (Å²) in [5, 5.41) is 0. The average molecular weight is 271 g/mol. The number of hydrogen-bond donors (Lipinski definition) is 0. The summed E-state index contributed by atoms with van der Waals surface area (Å²) >= 11 is 0. The average Bonchev–Trinajstić information content (AvgIpc) is 3.02. The van der Waals surface area contributed by atoms with E-state index in [1.54, 1.807) is 0 Å². The van der Waals surface area contributed by atoms with Gasteiger partial charge in [0.1, 0.15) is 0 Å². The van der Waals surface area contributed by atoms with Crippen LogP contribution in [0, 0.1) is 12.5 Å². The third-order valence-electron chi connectivity index (χ3n) is 4.65. The van der Waals surface area contributed by atoms with Gasteiger partial charge in [0, 0.05) is 5.41 Å². The molecule has 1 aliphatic rings. The van der Waals surface area contributed by atoms with Crippen molar-refractivity contribution in [1.82, 2.24) is 0 Å². The molecule has 0 heterocycles. The number of ether oxygens (including phenoxy) is 1. The lowest BCUT2D eigenvalue weighted by atomic mass is 9.68. The lowest BCUT2D eigenvalue weighted by Gasteiger charge is -2.35. The van der Waals surface area contributed by atoms with Crippen LogP contribution in [0.2, 0.25) is 0 Å². The molecular weight excluding hydrogens is 250 g/mol. The number of hydrogen-bond acceptors (Lipinski definition) is 2. The van der Waals surface area contributed by atoms with E-state index in [0.717, 1.165) is 18.4 Å². The molecule has 1 aromatic carbocycles. The molecule has 0 N–H and O–H groups in total. The molecule has 2 rings (SSSR count). The predicted molar refractivity (Wildman–Crippen MR) is 78.6 cm³/mol. The first kappa shape index (κ1) is 14.6. The first-order valence-corrected chi connectivity index (χ1v) is 7.15. The monoisotopic (exact) mass is 271 g/mol. The van der Waals surface area contributed by atoms with E-state index >= 15 is 0 Å². The Morgan fingerprint density at radius 3 is 2.45 bits per heavy atom. The highest BCUT2D eigenvalue weighted by atomic mass is 16.5. The minimum Gasteiger partial charge on any atom is -0.469 e. The minimum absolute atomic E-state index is 0.159. The van der Waals surface area contributed by atoms with E-state index in [0.29, 0.717) is 18.0 Å². The number of methoxy groups -OCH3 is 1. The van der Waals surface area contributed by atoms with Gasteiger partial charge in [0.05, 0.1) is 20.1 Å². The number of nitrogens with zero attached hydrogens (tertiary/aromatic N) is 1. The van der Waals surface area contributed by atoms with E-state index in [-0.39, 0.29) is 11.4 Å². The lowest BCUT2D eigenvalue weighted by Crippen LogP contribution is -2.33. The van der Waals surface area contributed by atoms with Crippen molar-refractivity contribution < 1.29 is 9.53 Å². The molecule has 1 aliphatic carbocycles. The molecule has 0 aromatic heterocycles. The summed E-state index contributed by atoms with van der Waals surface area (Å²) in [6.07, 6.45) is 5.21. The highest BCUT2D eigenvalue weighted by Crippen LogP contribution is 2.44. The molecule has 0 aliphatic heterocycles. The van der Waals surface area contributed by atoms with E-state index in [1.807, 2.05) is 24.3 Å². The summed E-state index contributed by atoms with van der Waals surface area (Å²) in [7, 11) is 1.44. The number of carbonyl (C=O) groups excluding carboxylic acids is 1. The molecule has 3 heteroatoms. The maximum atomic E-state index is 11.8. The van der Waals surface area contributed by atoms with Gasteiger partial charge in [-0.3, -0.25) is 4.79 Å². The van der Waals surface area contributed by atoms with Crippen LogP contribution in [0.1, 0.15) is 44.6 Å². The Morgan fingerprint density at radius 1 is 1.35 bits per heavy atom. The highest BCUT2D eigenvalue weighted by molar-refractivity contribution is 5.71. The van der Waals surface area contributed by atoms with Crippen molar-refractivity contribution in [2.45, 2.75) is 44.4 Å². The molecule has 0 bridgehead atoms. The van der Waals surface area contributed by atoms with E-state index in [9.17, 15) is 4.79 Å². The molecule has 0 saturated heterocycles. The van der Waals surface area contributed by atoms with Crippen molar-refractivity contribution in [3.8, 4) is 0 Å². The van der Waals surface area contributed by atoms with Gasteiger partial charge in [-0.1, -0.05) is 44.0 Å². The van der Waals surface area contributed by atoms with Gasteiger partial charge in [0.2, 0.25) is 0 Å². The maximum Gasteiger partial charge on any atom is 0.306 e. The molecule has 0 radical (unpaired) electrons. The van der Waals surface area contributed by atoms with Crippen LogP contribution in [0.25, 0.3) is 4.85 Å². The second kappa shape index (κ2) is 6.09. The first-order chi connectivity index (χ1) is 9.60. The molecule has 1 aromatic rings. The van der Waals surface area contributed by atoms with Gasteiger partial charge in [-0.05, 0) is 24.3 Å². The van der Waals surface area contributed by atoms with Gasteiger partial charge in [-0.15, -0.1) is 0 Å². The highest BCUT2D eigenvalue weighted by Gasteiger charge is 2.39. The molecule has 1 atom stereocenters.